The predicted octanol–water partition coefficient (Wildman–Crippen LogP) is 3.67. The number of aliphatic carboxylic acids is 1. The molecule has 3 aromatic carbocycles. The van der Waals surface area contributed by atoms with Crippen LogP contribution in [0.3, 0.4) is 0 Å². The highest BCUT2D eigenvalue weighted by Crippen LogP contribution is 2.24. The summed E-state index contributed by atoms with van der Waals surface area (Å²) in [5, 5.41) is 12.1. The van der Waals surface area contributed by atoms with Crippen LogP contribution in [-0.4, -0.2) is 65.2 Å². The minimum absolute atomic E-state index is 0.00202. The van der Waals surface area contributed by atoms with Crippen LogP contribution in [0.1, 0.15) is 64.9 Å². The number of nitrogens with one attached hydrogen (secondary N) is 2. The molecule has 3 N–H and O–H groups in total. The molecule has 1 atom stereocenters. The fourth-order valence-corrected chi connectivity index (χ4v) is 6.29. The number of benzene rings is 3. The van der Waals surface area contributed by atoms with Crippen LogP contribution in [0.15, 0.2) is 65.5 Å². The summed E-state index contributed by atoms with van der Waals surface area (Å²) in [5.74, 6) is -3.06. The summed E-state index contributed by atoms with van der Waals surface area (Å²) in [5.41, 5.74) is 0.462. The molecule has 0 bridgehead atoms. The summed E-state index contributed by atoms with van der Waals surface area (Å²) in [6.45, 7) is 8.31. The average Bonchev–Trinajstić information content (AvgIpc) is 3.09. The van der Waals surface area contributed by atoms with E-state index in [4.69, 9.17) is 11.2 Å². The normalized spacial score (nSPS) is 12.0. The number of carboxylic acids is 1. The summed E-state index contributed by atoms with van der Waals surface area (Å²) in [4.78, 5) is 69.2. The number of ether oxygens (including phenoxy) is 1. The second-order valence-corrected chi connectivity index (χ2v) is 15.3. The van der Waals surface area contributed by atoms with Crippen molar-refractivity contribution in [1.82, 2.24) is 19.6 Å². The van der Waals surface area contributed by atoms with E-state index >= 15 is 4.39 Å². The number of amides is 2. The van der Waals surface area contributed by atoms with E-state index in [9.17, 15) is 37.5 Å². The fourth-order valence-electron chi connectivity index (χ4n) is 5.24. The van der Waals surface area contributed by atoms with Gasteiger partial charge in [0.2, 0.25) is 10.0 Å². The van der Waals surface area contributed by atoms with Gasteiger partial charge in [0.1, 0.15) is 17.7 Å². The number of esters is 1. The van der Waals surface area contributed by atoms with Crippen molar-refractivity contribution in [2.45, 2.75) is 60.4 Å². The van der Waals surface area contributed by atoms with Crippen LogP contribution >= 0.6 is 0 Å². The summed E-state index contributed by atoms with van der Waals surface area (Å²) >= 11 is 0. The fraction of sp³-hybridized carbons (Fsp3) is 0.316. The van der Waals surface area contributed by atoms with Crippen molar-refractivity contribution in [3.05, 3.63) is 105 Å². The highest BCUT2D eigenvalue weighted by molar-refractivity contribution is 7.90. The van der Waals surface area contributed by atoms with Crippen LogP contribution < -0.4 is 20.5 Å². The molecule has 1 aromatic heterocycles. The molecule has 1 unspecified atom stereocenters. The molecular weight excluding hydrogens is 722 g/mol. The Morgan fingerprint density at radius 1 is 1.06 bits per heavy atom. The maximum atomic E-state index is 15.5. The molecule has 0 radical (unpaired) electrons. The number of fused-ring (bicyclic) bond motifs is 1. The number of carbonyl (C=O) groups is 4. The van der Waals surface area contributed by atoms with Gasteiger partial charge in [-0.25, -0.2) is 27.3 Å². The topological polar surface area (TPSA) is 194 Å². The molecule has 54 heavy (non-hydrogen) atoms. The minimum atomic E-state index is -4.30. The van der Waals surface area contributed by atoms with E-state index in [1.807, 2.05) is 11.6 Å². The van der Waals surface area contributed by atoms with Gasteiger partial charge in [0.25, 0.3) is 17.4 Å². The number of halogens is 1. The molecule has 2 amide bonds. The smallest absolute Gasteiger partial charge is 0.326 e. The van der Waals surface area contributed by atoms with E-state index in [0.29, 0.717) is 16.9 Å². The van der Waals surface area contributed by atoms with E-state index in [1.165, 1.54) is 34.9 Å². The van der Waals surface area contributed by atoms with E-state index in [-0.39, 0.29) is 36.5 Å². The van der Waals surface area contributed by atoms with Gasteiger partial charge in [-0.15, -0.1) is 6.42 Å². The summed E-state index contributed by atoms with van der Waals surface area (Å²) in [6, 6.07) is 12.7. The lowest BCUT2D eigenvalue weighted by molar-refractivity contribution is -0.157. The van der Waals surface area contributed by atoms with E-state index in [1.54, 1.807) is 50.8 Å². The zero-order chi connectivity index (χ0) is 40.0. The summed E-state index contributed by atoms with van der Waals surface area (Å²) in [7, 11) is -4.30. The standard InChI is InChI=1S/C38H40FN5O9S/c1-7-16-43(21-26-19-29-32(18-23(26)2)40-24(3)44(35(29)47)22-53-37(50)38(4,5)6)27-13-14-28(30(39)20-27)34(46)41-31(36(48)49)15-17-54(51,52)42-33(45)25-11-9-8-10-12-25/h1,8-14,18-20,31H,15-17,21-22H2,2-6H3,(H,41,46)(H,42,45)(H,48,49). The lowest BCUT2D eigenvalue weighted by Gasteiger charge is -2.24. The number of rotatable bonds is 14. The number of anilines is 1. The van der Waals surface area contributed by atoms with Crippen molar-refractivity contribution >= 4 is 50.4 Å². The number of terminal acetylenes is 1. The second-order valence-electron chi connectivity index (χ2n) is 13.5. The number of carboxylic acid groups (broad SMARTS) is 1. The molecule has 0 aliphatic rings. The molecule has 0 saturated carbocycles. The van der Waals surface area contributed by atoms with Gasteiger partial charge >= 0.3 is 11.9 Å². The number of carbonyl (C=O) groups excluding carboxylic acids is 3. The number of nitrogens with zero attached hydrogens (tertiary/aromatic N) is 3. The Bertz CT molecular complexity index is 2310. The zero-order valence-electron chi connectivity index (χ0n) is 30.3. The van der Waals surface area contributed by atoms with Crippen LogP contribution in [0, 0.1) is 37.4 Å². The predicted molar refractivity (Wildman–Crippen MR) is 199 cm³/mol. The molecule has 4 aromatic rings. The molecule has 284 valence electrons. The zero-order valence-corrected chi connectivity index (χ0v) is 31.1. The van der Waals surface area contributed by atoms with Gasteiger partial charge in [0, 0.05) is 17.8 Å². The molecule has 16 heteroatoms. The monoisotopic (exact) mass is 761 g/mol. The van der Waals surface area contributed by atoms with Crippen molar-refractivity contribution < 1.29 is 41.8 Å². The molecule has 0 aliphatic carbocycles. The Morgan fingerprint density at radius 3 is 2.35 bits per heavy atom. The van der Waals surface area contributed by atoms with Gasteiger partial charge in [-0.05, 0) is 94.6 Å². The van der Waals surface area contributed by atoms with Gasteiger partial charge in [-0.1, -0.05) is 24.1 Å². The largest absolute Gasteiger partial charge is 0.480 e. The lowest BCUT2D eigenvalue weighted by atomic mass is 9.98. The second kappa shape index (κ2) is 16.7. The third-order valence-corrected chi connectivity index (χ3v) is 9.58. The molecule has 0 spiro atoms. The number of aryl methyl sites for hydroxylation is 2. The molecule has 1 heterocycles. The minimum Gasteiger partial charge on any atom is -0.480 e. The number of sulfonamides is 1. The maximum Gasteiger partial charge on any atom is 0.326 e. The number of hydrogen-bond donors (Lipinski definition) is 3. The van der Waals surface area contributed by atoms with Crippen LogP contribution in [0.4, 0.5) is 10.1 Å². The molecule has 4 rings (SSSR count). The van der Waals surface area contributed by atoms with Crippen LogP contribution in [0.5, 0.6) is 0 Å². The Hall–Kier alpha value is -6.08. The van der Waals surface area contributed by atoms with Crippen molar-refractivity contribution in [1.29, 1.82) is 0 Å². The Balaban J connectivity index is 1.51. The van der Waals surface area contributed by atoms with E-state index < -0.39 is 74.3 Å². The van der Waals surface area contributed by atoms with E-state index in [0.717, 1.165) is 17.7 Å². The number of aromatic nitrogens is 2. The quantitative estimate of drug-likeness (QED) is 0.125. The summed E-state index contributed by atoms with van der Waals surface area (Å²) < 4.78 is 48.9. The first-order chi connectivity index (χ1) is 25.3. The van der Waals surface area contributed by atoms with Crippen LogP contribution in [-0.2, 0) is 37.6 Å². The summed E-state index contributed by atoms with van der Waals surface area (Å²) in [6.07, 6.45) is 5.01. The van der Waals surface area contributed by atoms with Crippen molar-refractivity contribution in [2.24, 2.45) is 5.41 Å². The first kappa shape index (κ1) is 40.7. The lowest BCUT2D eigenvalue weighted by Crippen LogP contribution is -2.43. The molecule has 14 nitrogen and oxygen atoms in total. The van der Waals surface area contributed by atoms with Gasteiger partial charge < -0.3 is 20.1 Å². The Labute approximate surface area is 311 Å². The Morgan fingerprint density at radius 2 is 1.74 bits per heavy atom. The van der Waals surface area contributed by atoms with Crippen molar-refractivity contribution in [3.8, 4) is 12.3 Å². The van der Waals surface area contributed by atoms with Gasteiger partial charge in [0.05, 0.1) is 34.2 Å². The molecule has 0 aliphatic heterocycles. The SMILES string of the molecule is C#CCN(Cc1cc2c(=O)n(COC(=O)C(C)(C)C)c(C)nc2cc1C)c1ccc(C(=O)NC(CCS(=O)(=O)NC(=O)c2ccccc2)C(=O)O)c(F)c1. The van der Waals surface area contributed by atoms with E-state index in [2.05, 4.69) is 16.2 Å². The van der Waals surface area contributed by atoms with Gasteiger partial charge in [-0.2, -0.15) is 0 Å². The number of hydrogen-bond acceptors (Lipinski definition) is 10. The average molecular weight is 762 g/mol. The van der Waals surface area contributed by atoms with Gasteiger partial charge in [-0.3, -0.25) is 23.7 Å². The van der Waals surface area contributed by atoms with Gasteiger partial charge in [0.15, 0.2) is 6.73 Å². The van der Waals surface area contributed by atoms with Crippen LogP contribution in [0.2, 0.25) is 0 Å². The molecule has 0 saturated heterocycles. The Kier molecular flexibility index (Phi) is 12.6. The molecular formula is C38H40FN5O9S. The first-order valence-electron chi connectivity index (χ1n) is 16.6. The maximum absolute atomic E-state index is 15.5. The highest BCUT2D eigenvalue weighted by Gasteiger charge is 2.27. The molecule has 0 fully saturated rings. The third-order valence-electron chi connectivity index (χ3n) is 8.31. The highest BCUT2D eigenvalue weighted by atomic mass is 32.2. The third kappa shape index (κ3) is 10.1. The van der Waals surface area contributed by atoms with Crippen molar-refractivity contribution in [3.63, 3.8) is 0 Å². The van der Waals surface area contributed by atoms with Crippen molar-refractivity contribution in [2.75, 3.05) is 17.2 Å². The first-order valence-corrected chi connectivity index (χ1v) is 18.3. The van der Waals surface area contributed by atoms with Crippen LogP contribution in [0.25, 0.3) is 10.9 Å².